The summed E-state index contributed by atoms with van der Waals surface area (Å²) in [5, 5.41) is 2.67. The Hall–Kier alpha value is -1.95. The predicted octanol–water partition coefficient (Wildman–Crippen LogP) is 2.07. The zero-order valence-corrected chi connectivity index (χ0v) is 10.3. The number of nitrogens with zero attached hydrogens (tertiary/aromatic N) is 2. The number of carbonyl (C=O) groups is 1. The molecule has 0 atom stereocenters. The Morgan fingerprint density at radius 2 is 2.24 bits per heavy atom. The zero-order valence-electron chi connectivity index (χ0n) is 8.72. The Balaban J connectivity index is 2.22. The van der Waals surface area contributed by atoms with E-state index in [4.69, 9.17) is 5.73 Å². The number of nitrogens with one attached hydrogen (secondary N) is 1. The lowest BCUT2D eigenvalue weighted by Gasteiger charge is -2.07. The van der Waals surface area contributed by atoms with Crippen LogP contribution in [-0.2, 0) is 0 Å². The highest BCUT2D eigenvalue weighted by Crippen LogP contribution is 2.21. The Morgan fingerprint density at radius 3 is 2.94 bits per heavy atom. The minimum absolute atomic E-state index is 0.269. The highest BCUT2D eigenvalue weighted by molar-refractivity contribution is 9.10. The van der Waals surface area contributed by atoms with E-state index < -0.39 is 0 Å². The largest absolute Gasteiger partial charge is 0.382 e. The fourth-order valence-electron chi connectivity index (χ4n) is 1.24. The van der Waals surface area contributed by atoms with Crippen molar-refractivity contribution in [2.24, 2.45) is 0 Å². The molecule has 0 fully saturated rings. The van der Waals surface area contributed by atoms with Gasteiger partial charge in [-0.2, -0.15) is 0 Å². The number of anilines is 2. The van der Waals surface area contributed by atoms with Gasteiger partial charge in [0.25, 0.3) is 5.91 Å². The summed E-state index contributed by atoms with van der Waals surface area (Å²) in [4.78, 5) is 19.6. The van der Waals surface area contributed by atoms with Crippen molar-refractivity contribution in [2.75, 3.05) is 11.1 Å². The number of rotatable bonds is 2. The number of carbonyl (C=O) groups excluding carboxylic acids is 1. The lowest BCUT2D eigenvalue weighted by atomic mass is 10.2. The minimum atomic E-state index is -0.273. The van der Waals surface area contributed by atoms with Crippen molar-refractivity contribution in [1.82, 2.24) is 9.97 Å². The molecule has 5 nitrogen and oxygen atoms in total. The van der Waals surface area contributed by atoms with Crippen LogP contribution in [0.3, 0.4) is 0 Å². The third-order valence-electron chi connectivity index (χ3n) is 2.06. The van der Waals surface area contributed by atoms with E-state index >= 15 is 0 Å². The summed E-state index contributed by atoms with van der Waals surface area (Å²) in [5.74, 6) is -0.00450. The van der Waals surface area contributed by atoms with Crippen LogP contribution in [-0.4, -0.2) is 15.9 Å². The van der Waals surface area contributed by atoms with Crippen LogP contribution in [0.1, 0.15) is 10.4 Å². The number of amides is 1. The molecule has 2 rings (SSSR count). The summed E-state index contributed by atoms with van der Waals surface area (Å²) in [6.45, 7) is 0. The monoisotopic (exact) mass is 292 g/mol. The van der Waals surface area contributed by atoms with Gasteiger partial charge in [0.05, 0.1) is 11.3 Å². The Bertz CT molecular complexity index is 544. The third-order valence-corrected chi connectivity index (χ3v) is 2.49. The van der Waals surface area contributed by atoms with E-state index in [-0.39, 0.29) is 11.7 Å². The van der Waals surface area contributed by atoms with Crippen LogP contribution in [0.15, 0.2) is 41.3 Å². The first-order chi connectivity index (χ1) is 8.16. The van der Waals surface area contributed by atoms with Gasteiger partial charge in [0.2, 0.25) is 0 Å². The van der Waals surface area contributed by atoms with E-state index in [1.165, 1.54) is 6.20 Å². The summed E-state index contributed by atoms with van der Waals surface area (Å²) < 4.78 is 0.744. The number of nitrogens with two attached hydrogens (primary N) is 1. The average molecular weight is 293 g/mol. The van der Waals surface area contributed by atoms with E-state index in [1.807, 2.05) is 0 Å². The van der Waals surface area contributed by atoms with E-state index in [1.54, 1.807) is 30.6 Å². The van der Waals surface area contributed by atoms with Gasteiger partial charge in [-0.1, -0.05) is 0 Å². The van der Waals surface area contributed by atoms with Gasteiger partial charge in [-0.05, 0) is 34.1 Å². The van der Waals surface area contributed by atoms with Crippen LogP contribution < -0.4 is 11.1 Å². The van der Waals surface area contributed by atoms with Crippen molar-refractivity contribution in [3.63, 3.8) is 0 Å². The topological polar surface area (TPSA) is 80.9 Å². The molecule has 0 aliphatic rings. The van der Waals surface area contributed by atoms with E-state index in [0.717, 1.165) is 4.47 Å². The Morgan fingerprint density at radius 1 is 1.41 bits per heavy atom. The number of hydrogen-bond donors (Lipinski definition) is 2. The maximum atomic E-state index is 11.8. The maximum Gasteiger partial charge on any atom is 0.257 e. The second kappa shape index (κ2) is 4.92. The van der Waals surface area contributed by atoms with Crippen LogP contribution in [0.25, 0.3) is 0 Å². The number of pyridine rings is 2. The molecule has 2 aromatic heterocycles. The van der Waals surface area contributed by atoms with Crippen LogP contribution in [0.4, 0.5) is 11.5 Å². The molecule has 86 valence electrons. The fraction of sp³-hybridized carbons (Fsp3) is 0. The molecule has 0 saturated carbocycles. The summed E-state index contributed by atoms with van der Waals surface area (Å²) >= 11 is 3.26. The molecule has 0 radical (unpaired) electrons. The summed E-state index contributed by atoms with van der Waals surface area (Å²) in [6, 6.07) is 5.05. The van der Waals surface area contributed by atoms with Crippen molar-refractivity contribution in [3.05, 3.63) is 46.8 Å². The zero-order chi connectivity index (χ0) is 12.3. The predicted molar refractivity (Wildman–Crippen MR) is 68.5 cm³/mol. The molecule has 0 unspecified atom stereocenters. The van der Waals surface area contributed by atoms with Gasteiger partial charge in [-0.15, -0.1) is 0 Å². The van der Waals surface area contributed by atoms with Gasteiger partial charge < -0.3 is 11.1 Å². The molecular formula is C11H9BrN4O. The van der Waals surface area contributed by atoms with Crippen molar-refractivity contribution in [2.45, 2.75) is 0 Å². The maximum absolute atomic E-state index is 11.8. The van der Waals surface area contributed by atoms with Crippen LogP contribution in [0.5, 0.6) is 0 Å². The second-order valence-electron chi connectivity index (χ2n) is 3.28. The Kier molecular flexibility index (Phi) is 3.34. The lowest BCUT2D eigenvalue weighted by molar-refractivity contribution is 0.102. The normalized spacial score (nSPS) is 9.94. The molecule has 0 aromatic carbocycles. The quantitative estimate of drug-likeness (QED) is 0.888. The van der Waals surface area contributed by atoms with Crippen molar-refractivity contribution >= 4 is 33.3 Å². The molecule has 2 heterocycles. The highest BCUT2D eigenvalue weighted by atomic mass is 79.9. The number of aromatic nitrogens is 2. The third kappa shape index (κ3) is 2.79. The Labute approximate surface area is 106 Å². The van der Waals surface area contributed by atoms with Crippen molar-refractivity contribution in [1.29, 1.82) is 0 Å². The average Bonchev–Trinajstić information content (AvgIpc) is 2.35. The standard InChI is InChI=1S/C11H9BrN4O/c12-8-4-9(10(13)15-6-8)16-11(17)7-2-1-3-14-5-7/h1-6H,(H2,13,15)(H,16,17). The first-order valence-corrected chi connectivity index (χ1v) is 5.58. The van der Waals surface area contributed by atoms with Gasteiger partial charge in [0.1, 0.15) is 5.82 Å². The number of hydrogen-bond acceptors (Lipinski definition) is 4. The number of nitrogen functional groups attached to an aromatic ring is 1. The molecule has 2 aromatic rings. The molecule has 17 heavy (non-hydrogen) atoms. The van der Waals surface area contributed by atoms with Gasteiger partial charge >= 0.3 is 0 Å². The first kappa shape index (κ1) is 11.5. The molecule has 3 N–H and O–H groups in total. The smallest absolute Gasteiger partial charge is 0.257 e. The molecule has 6 heteroatoms. The minimum Gasteiger partial charge on any atom is -0.382 e. The SMILES string of the molecule is Nc1ncc(Br)cc1NC(=O)c1cccnc1. The van der Waals surface area contributed by atoms with Crippen LogP contribution >= 0.6 is 15.9 Å². The first-order valence-electron chi connectivity index (χ1n) is 4.79. The second-order valence-corrected chi connectivity index (χ2v) is 4.20. The highest BCUT2D eigenvalue weighted by Gasteiger charge is 2.08. The number of halogens is 1. The summed E-state index contributed by atoms with van der Waals surface area (Å²) in [6.07, 6.45) is 4.65. The molecule has 0 spiro atoms. The summed E-state index contributed by atoms with van der Waals surface area (Å²) in [5.41, 5.74) is 6.58. The van der Waals surface area contributed by atoms with Crippen molar-refractivity contribution < 1.29 is 4.79 Å². The van der Waals surface area contributed by atoms with E-state index in [2.05, 4.69) is 31.2 Å². The molecular weight excluding hydrogens is 284 g/mol. The lowest BCUT2D eigenvalue weighted by Crippen LogP contribution is -2.13. The van der Waals surface area contributed by atoms with Gasteiger partial charge in [-0.25, -0.2) is 4.98 Å². The summed E-state index contributed by atoms with van der Waals surface area (Å²) in [7, 11) is 0. The molecule has 0 aliphatic heterocycles. The van der Waals surface area contributed by atoms with Gasteiger partial charge in [0.15, 0.2) is 0 Å². The van der Waals surface area contributed by atoms with E-state index in [0.29, 0.717) is 11.3 Å². The molecule has 0 saturated heterocycles. The van der Waals surface area contributed by atoms with Crippen molar-refractivity contribution in [3.8, 4) is 0 Å². The molecule has 1 amide bonds. The van der Waals surface area contributed by atoms with Crippen LogP contribution in [0, 0.1) is 0 Å². The molecule has 0 aliphatic carbocycles. The van der Waals surface area contributed by atoms with Gasteiger partial charge in [-0.3, -0.25) is 9.78 Å². The van der Waals surface area contributed by atoms with Crippen LogP contribution in [0.2, 0.25) is 0 Å². The van der Waals surface area contributed by atoms with E-state index in [9.17, 15) is 4.79 Å². The fourth-order valence-corrected chi connectivity index (χ4v) is 1.57. The van der Waals surface area contributed by atoms with Gasteiger partial charge in [0, 0.05) is 23.1 Å². The molecule has 0 bridgehead atoms.